The minimum Gasteiger partial charge on any atom is -0.467 e. The Balaban J connectivity index is 3.01. The molecule has 0 spiro atoms. The number of carbonyl (C=O) groups is 4. The van der Waals surface area contributed by atoms with Gasteiger partial charge in [-0.3, -0.25) is 9.59 Å². The lowest BCUT2D eigenvalue weighted by molar-refractivity contribution is -0.145. The summed E-state index contributed by atoms with van der Waals surface area (Å²) in [6, 6.07) is 5.08. The molecule has 0 heterocycles. The molecule has 3 amide bonds. The van der Waals surface area contributed by atoms with Gasteiger partial charge >= 0.3 is 12.1 Å². The summed E-state index contributed by atoms with van der Waals surface area (Å²) in [5, 5.41) is 8.05. The largest absolute Gasteiger partial charge is 0.467 e. The van der Waals surface area contributed by atoms with Gasteiger partial charge in [0.05, 0.1) is 7.11 Å². The van der Waals surface area contributed by atoms with Crippen LogP contribution in [0.2, 0.25) is 0 Å². The first-order valence-electron chi connectivity index (χ1n) is 12.7. The quantitative estimate of drug-likeness (QED) is 0.359. The Morgan fingerprint density at radius 2 is 1.42 bits per heavy atom. The molecular weight excluding hydrogens is 506 g/mol. The molecule has 0 aromatic heterocycles. The summed E-state index contributed by atoms with van der Waals surface area (Å²) in [4.78, 5) is 51.1. The third kappa shape index (κ3) is 11.3. The zero-order valence-corrected chi connectivity index (χ0v) is 25.2. The molecule has 214 valence electrons. The van der Waals surface area contributed by atoms with Gasteiger partial charge in [0.2, 0.25) is 11.8 Å². The number of benzene rings is 1. The Hall–Kier alpha value is -2.75. The summed E-state index contributed by atoms with van der Waals surface area (Å²) in [7, 11) is 1.26. The standard InChI is InChI=1S/C28H45N3O6S/c1-17(2)22(31-26(35)37-28(6,7)8)24(33)30-21(16-38-10)23(32)29-20(25(34)36-9)15-18-11-13-19(14-12-18)27(3,4)5/h11-14,17,20-22H,15-16H2,1-10H3,(H,29,32)(H,30,33)(H,31,35)/t20-,21-,22-/m0/s1. The normalized spacial score (nSPS) is 14.2. The minimum absolute atomic E-state index is 0.00999. The summed E-state index contributed by atoms with van der Waals surface area (Å²) in [6.07, 6.45) is 1.32. The summed E-state index contributed by atoms with van der Waals surface area (Å²) in [6.45, 7) is 15.1. The number of nitrogens with one attached hydrogen (secondary N) is 3. The Bertz CT molecular complexity index is 951. The molecule has 0 aliphatic rings. The van der Waals surface area contributed by atoms with Gasteiger partial charge < -0.3 is 25.4 Å². The predicted octanol–water partition coefficient (Wildman–Crippen LogP) is 3.58. The average Bonchev–Trinajstić information content (AvgIpc) is 2.79. The van der Waals surface area contributed by atoms with Crippen LogP contribution >= 0.6 is 11.8 Å². The van der Waals surface area contributed by atoms with Crippen molar-refractivity contribution in [3.63, 3.8) is 0 Å². The molecule has 0 saturated heterocycles. The summed E-state index contributed by atoms with van der Waals surface area (Å²) < 4.78 is 10.2. The Kier molecular flexibility index (Phi) is 12.6. The van der Waals surface area contributed by atoms with Gasteiger partial charge in [0.15, 0.2) is 0 Å². The van der Waals surface area contributed by atoms with Crippen molar-refractivity contribution in [1.82, 2.24) is 16.0 Å². The number of rotatable bonds is 11. The maximum Gasteiger partial charge on any atom is 0.408 e. The molecular formula is C28H45N3O6S. The van der Waals surface area contributed by atoms with E-state index in [2.05, 4.69) is 36.7 Å². The van der Waals surface area contributed by atoms with E-state index in [1.54, 1.807) is 40.9 Å². The molecule has 0 aliphatic heterocycles. The predicted molar refractivity (Wildman–Crippen MR) is 151 cm³/mol. The van der Waals surface area contributed by atoms with E-state index in [4.69, 9.17) is 9.47 Å². The fraction of sp³-hybridized carbons (Fsp3) is 0.643. The van der Waals surface area contributed by atoms with Gasteiger partial charge in [0, 0.05) is 12.2 Å². The van der Waals surface area contributed by atoms with Crippen molar-refractivity contribution in [2.24, 2.45) is 5.92 Å². The summed E-state index contributed by atoms with van der Waals surface area (Å²) in [5.74, 6) is -1.62. The van der Waals surface area contributed by atoms with E-state index >= 15 is 0 Å². The first-order chi connectivity index (χ1) is 17.5. The zero-order chi connectivity index (χ0) is 29.3. The molecule has 0 radical (unpaired) electrons. The molecule has 0 saturated carbocycles. The van der Waals surface area contributed by atoms with Crippen molar-refractivity contribution in [2.75, 3.05) is 19.1 Å². The van der Waals surface area contributed by atoms with E-state index in [-0.39, 0.29) is 23.5 Å². The van der Waals surface area contributed by atoms with Crippen molar-refractivity contribution >= 4 is 35.6 Å². The highest BCUT2D eigenvalue weighted by atomic mass is 32.2. The Labute approximate surface area is 231 Å². The number of thioether (sulfide) groups is 1. The first kappa shape index (κ1) is 33.3. The Morgan fingerprint density at radius 3 is 1.87 bits per heavy atom. The number of ether oxygens (including phenoxy) is 2. The van der Waals surface area contributed by atoms with Crippen molar-refractivity contribution < 1.29 is 28.7 Å². The van der Waals surface area contributed by atoms with E-state index in [0.717, 1.165) is 11.1 Å². The number of hydrogen-bond donors (Lipinski definition) is 3. The monoisotopic (exact) mass is 551 g/mol. The van der Waals surface area contributed by atoms with Crippen molar-refractivity contribution in [1.29, 1.82) is 0 Å². The highest BCUT2D eigenvalue weighted by Crippen LogP contribution is 2.22. The van der Waals surface area contributed by atoms with Crippen LogP contribution in [-0.4, -0.2) is 66.7 Å². The van der Waals surface area contributed by atoms with Gasteiger partial charge in [-0.2, -0.15) is 11.8 Å². The third-order valence-corrected chi connectivity index (χ3v) is 6.32. The van der Waals surface area contributed by atoms with Crippen LogP contribution in [0.5, 0.6) is 0 Å². The number of hydrogen-bond acceptors (Lipinski definition) is 7. The van der Waals surface area contributed by atoms with Crippen LogP contribution in [0.15, 0.2) is 24.3 Å². The van der Waals surface area contributed by atoms with E-state index in [1.807, 2.05) is 24.3 Å². The van der Waals surface area contributed by atoms with Crippen LogP contribution in [0.4, 0.5) is 4.79 Å². The summed E-state index contributed by atoms with van der Waals surface area (Å²) in [5.41, 5.74) is 1.28. The van der Waals surface area contributed by atoms with Crippen molar-refractivity contribution in [3.8, 4) is 0 Å². The topological polar surface area (TPSA) is 123 Å². The van der Waals surface area contributed by atoms with Crippen molar-refractivity contribution in [3.05, 3.63) is 35.4 Å². The Morgan fingerprint density at radius 1 is 0.868 bits per heavy atom. The van der Waals surface area contributed by atoms with Crippen LogP contribution in [0, 0.1) is 5.92 Å². The molecule has 0 aliphatic carbocycles. The van der Waals surface area contributed by atoms with Crippen LogP contribution in [0.25, 0.3) is 0 Å². The lowest BCUT2D eigenvalue weighted by Crippen LogP contribution is -2.58. The maximum absolute atomic E-state index is 13.2. The number of carbonyl (C=O) groups excluding carboxylic acids is 4. The van der Waals surface area contributed by atoms with Gasteiger partial charge in [0.1, 0.15) is 23.7 Å². The molecule has 3 N–H and O–H groups in total. The molecule has 1 aromatic rings. The fourth-order valence-corrected chi connectivity index (χ4v) is 4.13. The highest BCUT2D eigenvalue weighted by molar-refractivity contribution is 7.98. The van der Waals surface area contributed by atoms with Crippen LogP contribution in [-0.2, 0) is 35.7 Å². The van der Waals surface area contributed by atoms with Crippen LogP contribution in [0.3, 0.4) is 0 Å². The van der Waals surface area contributed by atoms with Crippen molar-refractivity contribution in [2.45, 2.75) is 91.0 Å². The van der Waals surface area contributed by atoms with Gasteiger partial charge in [-0.1, -0.05) is 58.9 Å². The van der Waals surface area contributed by atoms with Gasteiger partial charge in [-0.15, -0.1) is 0 Å². The lowest BCUT2D eigenvalue weighted by Gasteiger charge is -2.27. The van der Waals surface area contributed by atoms with E-state index in [1.165, 1.54) is 18.9 Å². The number of methoxy groups -OCH3 is 1. The molecule has 9 nitrogen and oxygen atoms in total. The number of alkyl carbamates (subject to hydrolysis) is 1. The zero-order valence-electron chi connectivity index (χ0n) is 24.4. The molecule has 10 heteroatoms. The highest BCUT2D eigenvalue weighted by Gasteiger charge is 2.32. The van der Waals surface area contributed by atoms with Crippen LogP contribution in [0.1, 0.15) is 66.5 Å². The number of amides is 3. The smallest absolute Gasteiger partial charge is 0.408 e. The third-order valence-electron chi connectivity index (χ3n) is 5.65. The second-order valence-corrected chi connectivity index (χ2v) is 12.5. The second-order valence-electron chi connectivity index (χ2n) is 11.6. The van der Waals surface area contributed by atoms with Gasteiger partial charge in [-0.05, 0) is 49.5 Å². The maximum atomic E-state index is 13.2. The minimum atomic E-state index is -0.936. The van der Waals surface area contributed by atoms with E-state index < -0.39 is 47.6 Å². The van der Waals surface area contributed by atoms with E-state index in [0.29, 0.717) is 0 Å². The second kappa shape index (κ2) is 14.4. The summed E-state index contributed by atoms with van der Waals surface area (Å²) >= 11 is 1.37. The molecule has 0 bridgehead atoms. The fourth-order valence-electron chi connectivity index (χ4n) is 3.56. The molecule has 1 rings (SSSR count). The van der Waals surface area contributed by atoms with Gasteiger partial charge in [-0.25, -0.2) is 9.59 Å². The van der Waals surface area contributed by atoms with Crippen LogP contribution < -0.4 is 16.0 Å². The number of esters is 1. The first-order valence-corrected chi connectivity index (χ1v) is 14.1. The molecule has 0 unspecified atom stereocenters. The molecule has 38 heavy (non-hydrogen) atoms. The lowest BCUT2D eigenvalue weighted by atomic mass is 9.86. The molecule has 3 atom stereocenters. The molecule has 1 aromatic carbocycles. The average molecular weight is 552 g/mol. The van der Waals surface area contributed by atoms with E-state index in [9.17, 15) is 19.2 Å². The molecule has 0 fully saturated rings. The van der Waals surface area contributed by atoms with Gasteiger partial charge in [0.25, 0.3) is 0 Å². The SMILES string of the molecule is COC(=O)[C@H](Cc1ccc(C(C)(C)C)cc1)NC(=O)[C@H](CSC)NC(=O)[C@@H](NC(=O)OC(C)(C)C)C(C)C.